The molecule has 3 aromatic rings. The van der Waals surface area contributed by atoms with Gasteiger partial charge in [-0.3, -0.25) is 4.90 Å². The Kier molecular flexibility index (Phi) is 6.44. The van der Waals surface area contributed by atoms with Crippen molar-refractivity contribution in [2.45, 2.75) is 52.3 Å². The van der Waals surface area contributed by atoms with E-state index in [1.165, 1.54) is 12.8 Å². The highest BCUT2D eigenvalue weighted by molar-refractivity contribution is 5.65. The quantitative estimate of drug-likeness (QED) is 0.520. The Balaban J connectivity index is 1.72. The van der Waals surface area contributed by atoms with E-state index >= 15 is 0 Å². The highest BCUT2D eigenvalue weighted by Gasteiger charge is 2.33. The van der Waals surface area contributed by atoms with E-state index in [1.807, 2.05) is 48.1 Å². The average Bonchev–Trinajstić information content (AvgIpc) is 3.55. The van der Waals surface area contributed by atoms with Crippen molar-refractivity contribution in [2.75, 3.05) is 6.54 Å². The Morgan fingerprint density at radius 3 is 2.52 bits per heavy atom. The van der Waals surface area contributed by atoms with Gasteiger partial charge in [0.25, 0.3) is 0 Å². The predicted octanol–water partition coefficient (Wildman–Crippen LogP) is 5.17. The van der Waals surface area contributed by atoms with Gasteiger partial charge in [0.15, 0.2) is 0 Å². The third-order valence-corrected chi connectivity index (χ3v) is 5.95. The normalized spacial score (nSPS) is 14.9. The minimum Gasteiger partial charge on any atom is -0.439 e. The van der Waals surface area contributed by atoms with Crippen LogP contribution in [0.5, 0.6) is 11.6 Å². The fourth-order valence-corrected chi connectivity index (χ4v) is 3.88. The molecular formula is C26H33N3O2. The van der Waals surface area contributed by atoms with Crippen LogP contribution in [0, 0.1) is 12.8 Å². The summed E-state index contributed by atoms with van der Waals surface area (Å²) in [7, 11) is 1.94. The molecule has 0 amide bonds. The third kappa shape index (κ3) is 5.17. The molecule has 1 atom stereocenters. The Bertz CT molecular complexity index is 1010. The Labute approximate surface area is 185 Å². The molecule has 0 radical (unpaired) electrons. The SMILES string of the molecule is Cc1cccc(Oc2c(CN(CC(O)C(C)C)C3CC3)c(-c3ccccc3)nn2C)c1. The number of hydrogen-bond acceptors (Lipinski definition) is 4. The highest BCUT2D eigenvalue weighted by atomic mass is 16.5. The predicted molar refractivity (Wildman–Crippen MR) is 124 cm³/mol. The van der Waals surface area contributed by atoms with Gasteiger partial charge < -0.3 is 9.84 Å². The van der Waals surface area contributed by atoms with Gasteiger partial charge in [0.2, 0.25) is 5.88 Å². The first-order valence-corrected chi connectivity index (χ1v) is 11.2. The van der Waals surface area contributed by atoms with E-state index in [0.717, 1.165) is 34.0 Å². The van der Waals surface area contributed by atoms with Crippen LogP contribution in [0.1, 0.15) is 37.8 Å². The zero-order valence-electron chi connectivity index (χ0n) is 19.0. The van der Waals surface area contributed by atoms with Crippen molar-refractivity contribution >= 4 is 0 Å². The van der Waals surface area contributed by atoms with E-state index in [-0.39, 0.29) is 12.0 Å². The smallest absolute Gasteiger partial charge is 0.222 e. The van der Waals surface area contributed by atoms with E-state index in [4.69, 9.17) is 9.84 Å². The molecule has 31 heavy (non-hydrogen) atoms. The molecule has 2 aromatic carbocycles. The summed E-state index contributed by atoms with van der Waals surface area (Å²) in [5.41, 5.74) is 4.24. The molecule has 0 saturated heterocycles. The number of aryl methyl sites for hydroxylation is 2. The molecule has 1 N–H and O–H groups in total. The van der Waals surface area contributed by atoms with Gasteiger partial charge in [-0.2, -0.15) is 5.10 Å². The van der Waals surface area contributed by atoms with Crippen LogP contribution in [0.3, 0.4) is 0 Å². The van der Waals surface area contributed by atoms with Crippen molar-refractivity contribution in [1.82, 2.24) is 14.7 Å². The summed E-state index contributed by atoms with van der Waals surface area (Å²) >= 11 is 0. The van der Waals surface area contributed by atoms with Crippen LogP contribution in [0.15, 0.2) is 54.6 Å². The molecule has 1 heterocycles. The van der Waals surface area contributed by atoms with Gasteiger partial charge >= 0.3 is 0 Å². The van der Waals surface area contributed by atoms with Crippen LogP contribution in [-0.2, 0) is 13.6 Å². The van der Waals surface area contributed by atoms with Crippen LogP contribution < -0.4 is 4.74 Å². The standard InChI is InChI=1S/C26H33N3O2/c1-18(2)24(30)17-29(21-13-14-21)16-23-25(20-10-6-5-7-11-20)27-28(4)26(23)31-22-12-8-9-19(3)15-22/h5-12,15,18,21,24,30H,13-14,16-17H2,1-4H3. The summed E-state index contributed by atoms with van der Waals surface area (Å²) in [4.78, 5) is 2.40. The first-order chi connectivity index (χ1) is 14.9. The highest BCUT2D eigenvalue weighted by Crippen LogP contribution is 2.37. The van der Waals surface area contributed by atoms with Gasteiger partial charge in [-0.1, -0.05) is 56.3 Å². The topological polar surface area (TPSA) is 50.5 Å². The lowest BCUT2D eigenvalue weighted by Gasteiger charge is -2.27. The molecule has 0 spiro atoms. The molecule has 1 aliphatic carbocycles. The van der Waals surface area contributed by atoms with Crippen LogP contribution >= 0.6 is 0 Å². The molecule has 1 saturated carbocycles. The molecule has 0 aliphatic heterocycles. The number of aliphatic hydroxyl groups is 1. The molecule has 0 bridgehead atoms. The number of hydrogen-bond donors (Lipinski definition) is 1. The van der Waals surface area contributed by atoms with Crippen LogP contribution in [0.4, 0.5) is 0 Å². The number of nitrogens with zero attached hydrogens (tertiary/aromatic N) is 3. The van der Waals surface area contributed by atoms with E-state index < -0.39 is 0 Å². The number of aliphatic hydroxyl groups excluding tert-OH is 1. The summed E-state index contributed by atoms with van der Waals surface area (Å²) in [6, 6.07) is 18.9. The Hall–Kier alpha value is -2.63. The zero-order valence-corrected chi connectivity index (χ0v) is 19.0. The molecule has 1 fully saturated rings. The lowest BCUT2D eigenvalue weighted by Crippen LogP contribution is -2.36. The van der Waals surface area contributed by atoms with Crippen LogP contribution in [0.2, 0.25) is 0 Å². The van der Waals surface area contributed by atoms with Crippen molar-refractivity contribution < 1.29 is 9.84 Å². The first kappa shape index (κ1) is 21.6. The van der Waals surface area contributed by atoms with Crippen molar-refractivity contribution in [3.8, 4) is 22.9 Å². The molecule has 1 aromatic heterocycles. The minimum absolute atomic E-state index is 0.228. The molecule has 4 rings (SSSR count). The number of benzene rings is 2. The molecule has 164 valence electrons. The molecule has 1 aliphatic rings. The summed E-state index contributed by atoms with van der Waals surface area (Å²) in [6.45, 7) is 7.57. The van der Waals surface area contributed by atoms with Gasteiger partial charge in [-0.15, -0.1) is 0 Å². The van der Waals surface area contributed by atoms with Crippen molar-refractivity contribution in [3.63, 3.8) is 0 Å². The van der Waals surface area contributed by atoms with Crippen LogP contribution in [-0.4, -0.2) is 38.5 Å². The van der Waals surface area contributed by atoms with E-state index in [2.05, 4.69) is 43.9 Å². The lowest BCUT2D eigenvalue weighted by molar-refractivity contribution is 0.0694. The summed E-state index contributed by atoms with van der Waals surface area (Å²) < 4.78 is 8.23. The summed E-state index contributed by atoms with van der Waals surface area (Å²) in [5, 5.41) is 15.4. The molecular weight excluding hydrogens is 386 g/mol. The largest absolute Gasteiger partial charge is 0.439 e. The van der Waals surface area contributed by atoms with E-state index in [0.29, 0.717) is 19.1 Å². The fraction of sp³-hybridized carbons (Fsp3) is 0.423. The Morgan fingerprint density at radius 1 is 1.13 bits per heavy atom. The van der Waals surface area contributed by atoms with Gasteiger partial charge in [-0.25, -0.2) is 4.68 Å². The van der Waals surface area contributed by atoms with E-state index in [1.54, 1.807) is 0 Å². The van der Waals surface area contributed by atoms with E-state index in [9.17, 15) is 5.11 Å². The van der Waals surface area contributed by atoms with Crippen molar-refractivity contribution in [1.29, 1.82) is 0 Å². The Morgan fingerprint density at radius 2 is 1.87 bits per heavy atom. The minimum atomic E-state index is -0.349. The van der Waals surface area contributed by atoms with Crippen molar-refractivity contribution in [3.05, 3.63) is 65.7 Å². The van der Waals surface area contributed by atoms with Crippen molar-refractivity contribution in [2.24, 2.45) is 13.0 Å². The molecule has 5 nitrogen and oxygen atoms in total. The number of aromatic nitrogens is 2. The number of ether oxygens (including phenoxy) is 1. The maximum absolute atomic E-state index is 10.6. The van der Waals surface area contributed by atoms with Gasteiger partial charge in [0.05, 0.1) is 11.7 Å². The molecule has 1 unspecified atom stereocenters. The van der Waals surface area contributed by atoms with Crippen LogP contribution in [0.25, 0.3) is 11.3 Å². The fourth-order valence-electron chi connectivity index (χ4n) is 3.88. The lowest BCUT2D eigenvalue weighted by atomic mass is 10.0. The second-order valence-corrected chi connectivity index (χ2v) is 9.01. The average molecular weight is 420 g/mol. The second kappa shape index (κ2) is 9.25. The second-order valence-electron chi connectivity index (χ2n) is 9.01. The van der Waals surface area contributed by atoms with Gasteiger partial charge in [0, 0.05) is 31.7 Å². The summed E-state index contributed by atoms with van der Waals surface area (Å²) in [5.74, 6) is 1.80. The number of rotatable bonds is 9. The summed E-state index contributed by atoms with van der Waals surface area (Å²) in [6.07, 6.45) is 2.01. The van der Waals surface area contributed by atoms with Gasteiger partial charge in [-0.05, 0) is 43.4 Å². The first-order valence-electron chi connectivity index (χ1n) is 11.2. The maximum Gasteiger partial charge on any atom is 0.222 e. The zero-order chi connectivity index (χ0) is 22.0. The maximum atomic E-state index is 10.6. The van der Waals surface area contributed by atoms with Gasteiger partial charge in [0.1, 0.15) is 11.4 Å². The molecule has 5 heteroatoms. The third-order valence-electron chi connectivity index (χ3n) is 5.95. The monoisotopic (exact) mass is 419 g/mol.